The standard InChI is InChI=1S/C26H23ClN2O4S/c1-3-18-7-12-23-22(14-18)26(31)24(34(32,33)21-10-8-19(27)9-11-21)15-29(23)16-25(30)28-20-6-4-5-17(2)13-20/h4-15H,3,16H2,1-2H3,(H,28,30). The molecule has 8 heteroatoms. The van der Waals surface area contributed by atoms with Crippen molar-refractivity contribution in [3.63, 3.8) is 0 Å². The maximum absolute atomic E-state index is 13.4. The highest BCUT2D eigenvalue weighted by atomic mass is 35.5. The summed E-state index contributed by atoms with van der Waals surface area (Å²) in [5.74, 6) is -0.343. The van der Waals surface area contributed by atoms with E-state index in [1.807, 2.05) is 38.1 Å². The molecular weight excluding hydrogens is 472 g/mol. The van der Waals surface area contributed by atoms with Crippen LogP contribution in [0.4, 0.5) is 5.69 Å². The first-order valence-electron chi connectivity index (χ1n) is 10.7. The molecule has 1 aromatic heterocycles. The minimum Gasteiger partial charge on any atom is -0.336 e. The smallest absolute Gasteiger partial charge is 0.244 e. The number of pyridine rings is 1. The molecular formula is C26H23ClN2O4S. The van der Waals surface area contributed by atoms with Gasteiger partial charge in [-0.15, -0.1) is 0 Å². The normalized spacial score (nSPS) is 11.5. The number of halogens is 1. The monoisotopic (exact) mass is 494 g/mol. The molecule has 3 aromatic carbocycles. The molecule has 34 heavy (non-hydrogen) atoms. The van der Waals surface area contributed by atoms with Crippen LogP contribution in [0.5, 0.6) is 0 Å². The summed E-state index contributed by atoms with van der Waals surface area (Å²) < 4.78 is 28.3. The molecule has 1 N–H and O–H groups in total. The van der Waals surface area contributed by atoms with E-state index in [2.05, 4.69) is 5.32 Å². The summed E-state index contributed by atoms with van der Waals surface area (Å²) in [6.45, 7) is 3.70. The number of rotatable bonds is 6. The molecule has 4 aromatic rings. The summed E-state index contributed by atoms with van der Waals surface area (Å²) in [4.78, 5) is 25.7. The second-order valence-corrected chi connectivity index (χ2v) is 10.4. The lowest BCUT2D eigenvalue weighted by molar-refractivity contribution is -0.116. The van der Waals surface area contributed by atoms with Gasteiger partial charge in [-0.05, 0) is 73.0 Å². The number of benzene rings is 3. The Labute approximate surface area is 202 Å². The van der Waals surface area contributed by atoms with Crippen LogP contribution >= 0.6 is 11.6 Å². The van der Waals surface area contributed by atoms with E-state index >= 15 is 0 Å². The van der Waals surface area contributed by atoms with Gasteiger partial charge < -0.3 is 9.88 Å². The molecule has 0 bridgehead atoms. The fourth-order valence-electron chi connectivity index (χ4n) is 3.78. The Kier molecular flexibility index (Phi) is 6.59. The molecule has 0 unspecified atom stereocenters. The molecule has 0 saturated carbocycles. The Bertz CT molecular complexity index is 1560. The fraction of sp³-hybridized carbons (Fsp3) is 0.154. The van der Waals surface area contributed by atoms with Crippen LogP contribution in [0.15, 0.2) is 87.5 Å². The quantitative estimate of drug-likeness (QED) is 0.409. The minimum atomic E-state index is -4.14. The average molecular weight is 495 g/mol. The van der Waals surface area contributed by atoms with Crippen molar-refractivity contribution in [2.75, 3.05) is 5.32 Å². The maximum Gasteiger partial charge on any atom is 0.244 e. The molecule has 1 amide bonds. The number of nitrogens with zero attached hydrogens (tertiary/aromatic N) is 1. The van der Waals surface area contributed by atoms with E-state index < -0.39 is 15.3 Å². The summed E-state index contributed by atoms with van der Waals surface area (Å²) in [6.07, 6.45) is 1.92. The molecule has 0 fully saturated rings. The van der Waals surface area contributed by atoms with E-state index in [0.717, 1.165) is 11.1 Å². The van der Waals surface area contributed by atoms with Crippen LogP contribution in [0.3, 0.4) is 0 Å². The highest BCUT2D eigenvalue weighted by molar-refractivity contribution is 7.91. The third-order valence-corrected chi connectivity index (χ3v) is 7.56. The van der Waals surface area contributed by atoms with Crippen molar-refractivity contribution >= 4 is 43.9 Å². The Morgan fingerprint density at radius 2 is 1.76 bits per heavy atom. The number of anilines is 1. The van der Waals surface area contributed by atoms with Gasteiger partial charge in [-0.3, -0.25) is 9.59 Å². The predicted octanol–water partition coefficient (Wildman–Crippen LogP) is 5.00. The second kappa shape index (κ2) is 9.44. The van der Waals surface area contributed by atoms with Gasteiger partial charge in [0.05, 0.1) is 10.4 Å². The predicted molar refractivity (Wildman–Crippen MR) is 134 cm³/mol. The van der Waals surface area contributed by atoms with Crippen molar-refractivity contribution in [3.8, 4) is 0 Å². The minimum absolute atomic E-state index is 0.0456. The summed E-state index contributed by atoms with van der Waals surface area (Å²) in [5, 5.41) is 3.46. The van der Waals surface area contributed by atoms with Gasteiger partial charge in [0.1, 0.15) is 11.4 Å². The highest BCUT2D eigenvalue weighted by Gasteiger charge is 2.24. The molecule has 0 atom stereocenters. The fourth-order valence-corrected chi connectivity index (χ4v) is 5.27. The number of nitrogens with one attached hydrogen (secondary N) is 1. The molecule has 0 spiro atoms. The number of carbonyl (C=O) groups is 1. The molecule has 0 saturated heterocycles. The molecule has 0 aliphatic rings. The molecule has 1 heterocycles. The first-order chi connectivity index (χ1) is 16.2. The van der Waals surface area contributed by atoms with Gasteiger partial charge in [-0.25, -0.2) is 8.42 Å². The Balaban J connectivity index is 1.84. The first kappa shape index (κ1) is 23.7. The SMILES string of the molecule is CCc1ccc2c(c1)c(=O)c(S(=O)(=O)c1ccc(Cl)cc1)cn2CC(=O)Nc1cccc(C)c1. The molecule has 0 aliphatic carbocycles. The van der Waals surface area contributed by atoms with Crippen molar-refractivity contribution in [3.05, 3.63) is 99.3 Å². The summed E-state index contributed by atoms with van der Waals surface area (Å²) >= 11 is 5.90. The van der Waals surface area contributed by atoms with Crippen LogP contribution < -0.4 is 10.7 Å². The number of aryl methyl sites for hydroxylation is 2. The first-order valence-corrected chi connectivity index (χ1v) is 12.6. The lowest BCUT2D eigenvalue weighted by Crippen LogP contribution is -2.24. The van der Waals surface area contributed by atoms with Crippen molar-refractivity contribution in [1.29, 1.82) is 0 Å². The molecule has 6 nitrogen and oxygen atoms in total. The van der Waals surface area contributed by atoms with Gasteiger partial charge in [0.25, 0.3) is 0 Å². The van der Waals surface area contributed by atoms with Crippen LogP contribution in [0.25, 0.3) is 10.9 Å². The number of amides is 1. The van der Waals surface area contributed by atoms with Gasteiger partial charge >= 0.3 is 0 Å². The number of carbonyl (C=O) groups excluding carboxylic acids is 1. The zero-order valence-corrected chi connectivity index (χ0v) is 20.3. The Morgan fingerprint density at radius 3 is 2.44 bits per heavy atom. The Morgan fingerprint density at radius 1 is 1.03 bits per heavy atom. The van der Waals surface area contributed by atoms with Crippen molar-refractivity contribution < 1.29 is 13.2 Å². The highest BCUT2D eigenvalue weighted by Crippen LogP contribution is 2.23. The van der Waals surface area contributed by atoms with Crippen LogP contribution in [-0.2, 0) is 27.6 Å². The van der Waals surface area contributed by atoms with Crippen LogP contribution in [0.1, 0.15) is 18.1 Å². The van der Waals surface area contributed by atoms with E-state index in [9.17, 15) is 18.0 Å². The summed E-state index contributed by atoms with van der Waals surface area (Å²) in [6, 6.07) is 18.3. The zero-order valence-electron chi connectivity index (χ0n) is 18.7. The largest absolute Gasteiger partial charge is 0.336 e. The van der Waals surface area contributed by atoms with E-state index in [1.165, 1.54) is 35.0 Å². The zero-order chi connectivity index (χ0) is 24.5. The van der Waals surface area contributed by atoms with E-state index in [0.29, 0.717) is 22.6 Å². The number of sulfone groups is 1. The lowest BCUT2D eigenvalue weighted by Gasteiger charge is -2.15. The van der Waals surface area contributed by atoms with Gasteiger partial charge in [-0.2, -0.15) is 0 Å². The number of aromatic nitrogens is 1. The molecule has 0 aliphatic heterocycles. The Hall–Kier alpha value is -3.42. The lowest BCUT2D eigenvalue weighted by atomic mass is 10.1. The van der Waals surface area contributed by atoms with Crippen LogP contribution in [0, 0.1) is 6.92 Å². The molecule has 174 valence electrons. The third-order valence-electron chi connectivity index (χ3n) is 5.55. The summed E-state index contributed by atoms with van der Waals surface area (Å²) in [7, 11) is -4.14. The van der Waals surface area contributed by atoms with Crippen molar-refractivity contribution in [1.82, 2.24) is 4.57 Å². The third kappa shape index (κ3) is 4.76. The number of hydrogen-bond donors (Lipinski definition) is 1. The van der Waals surface area contributed by atoms with E-state index in [-0.39, 0.29) is 27.6 Å². The van der Waals surface area contributed by atoms with Gasteiger partial charge in [0, 0.05) is 22.3 Å². The van der Waals surface area contributed by atoms with Crippen LogP contribution in [-0.4, -0.2) is 18.9 Å². The van der Waals surface area contributed by atoms with E-state index in [4.69, 9.17) is 11.6 Å². The second-order valence-electron chi connectivity index (χ2n) is 8.03. The van der Waals surface area contributed by atoms with Crippen molar-refractivity contribution in [2.45, 2.75) is 36.6 Å². The van der Waals surface area contributed by atoms with Gasteiger partial charge in [0.15, 0.2) is 0 Å². The van der Waals surface area contributed by atoms with Crippen molar-refractivity contribution in [2.24, 2.45) is 0 Å². The number of fused-ring (bicyclic) bond motifs is 1. The average Bonchev–Trinajstić information content (AvgIpc) is 2.80. The van der Waals surface area contributed by atoms with Crippen LogP contribution in [0.2, 0.25) is 5.02 Å². The molecule has 0 radical (unpaired) electrons. The number of hydrogen-bond acceptors (Lipinski definition) is 4. The van der Waals surface area contributed by atoms with Gasteiger partial charge in [0.2, 0.25) is 21.2 Å². The van der Waals surface area contributed by atoms with E-state index in [1.54, 1.807) is 18.2 Å². The topological polar surface area (TPSA) is 85.2 Å². The van der Waals surface area contributed by atoms with Gasteiger partial charge in [-0.1, -0.05) is 36.7 Å². The summed E-state index contributed by atoms with van der Waals surface area (Å²) in [5.41, 5.74) is 2.40. The molecule has 4 rings (SSSR count). The maximum atomic E-state index is 13.4.